The predicted molar refractivity (Wildman–Crippen MR) is 74.9 cm³/mol. The molecule has 1 saturated carbocycles. The summed E-state index contributed by atoms with van der Waals surface area (Å²) >= 11 is 0. The summed E-state index contributed by atoms with van der Waals surface area (Å²) in [5.41, 5.74) is 0.660. The molecule has 6 heteroatoms. The number of esters is 1. The molecular weight excluding hydrogens is 260 g/mol. The van der Waals surface area contributed by atoms with Gasteiger partial charge in [0.05, 0.1) is 17.6 Å². The van der Waals surface area contributed by atoms with Crippen LogP contribution in [0.4, 0.5) is 11.4 Å². The number of carbonyl (C=O) groups is 1. The third-order valence-electron chi connectivity index (χ3n) is 3.71. The number of hydrogen-bond acceptors (Lipinski definition) is 5. The monoisotopic (exact) mass is 278 g/mol. The Labute approximate surface area is 117 Å². The highest BCUT2D eigenvalue weighted by atomic mass is 16.6. The van der Waals surface area contributed by atoms with Gasteiger partial charge in [0.1, 0.15) is 5.69 Å². The topological polar surface area (TPSA) is 81.5 Å². The van der Waals surface area contributed by atoms with E-state index in [9.17, 15) is 14.9 Å². The Morgan fingerprint density at radius 2 is 2.25 bits per heavy atom. The van der Waals surface area contributed by atoms with Crippen LogP contribution in [-0.2, 0) is 4.74 Å². The fourth-order valence-electron chi connectivity index (χ4n) is 2.27. The van der Waals surface area contributed by atoms with Crippen molar-refractivity contribution in [3.8, 4) is 0 Å². The second-order valence-corrected chi connectivity index (χ2v) is 4.99. The van der Waals surface area contributed by atoms with Crippen LogP contribution in [0.1, 0.15) is 36.0 Å². The van der Waals surface area contributed by atoms with Crippen LogP contribution in [0.25, 0.3) is 0 Å². The summed E-state index contributed by atoms with van der Waals surface area (Å²) in [5.74, 6) is 0.229. The molecule has 1 N–H and O–H groups in total. The standard InChI is InChI=1S/C14H18N2O4/c1-20-14(17)11-5-6-13(16(18)19)12(9-11)15-8-7-10-3-2-4-10/h5-6,9-10,15H,2-4,7-8H2,1H3. The van der Waals surface area contributed by atoms with E-state index in [2.05, 4.69) is 10.1 Å². The first kappa shape index (κ1) is 14.3. The van der Waals surface area contributed by atoms with Crippen LogP contribution in [0.15, 0.2) is 18.2 Å². The molecule has 0 saturated heterocycles. The van der Waals surface area contributed by atoms with Gasteiger partial charge in [-0.05, 0) is 24.5 Å². The van der Waals surface area contributed by atoms with Crippen LogP contribution >= 0.6 is 0 Å². The summed E-state index contributed by atoms with van der Waals surface area (Å²) in [6.45, 7) is 0.677. The lowest BCUT2D eigenvalue weighted by Gasteiger charge is -2.25. The van der Waals surface area contributed by atoms with E-state index in [0.717, 1.165) is 12.3 Å². The molecule has 0 radical (unpaired) electrons. The van der Waals surface area contributed by atoms with E-state index in [-0.39, 0.29) is 5.69 Å². The van der Waals surface area contributed by atoms with Crippen LogP contribution in [0.5, 0.6) is 0 Å². The molecule has 2 rings (SSSR count). The second-order valence-electron chi connectivity index (χ2n) is 4.99. The van der Waals surface area contributed by atoms with Gasteiger partial charge in [-0.15, -0.1) is 0 Å². The molecule has 1 aromatic rings. The molecule has 108 valence electrons. The highest BCUT2D eigenvalue weighted by Crippen LogP contribution is 2.30. The Hall–Kier alpha value is -2.11. The molecule has 0 aromatic heterocycles. The molecule has 20 heavy (non-hydrogen) atoms. The Bertz CT molecular complexity index is 512. The number of benzene rings is 1. The van der Waals surface area contributed by atoms with Crippen LogP contribution in [-0.4, -0.2) is 24.5 Å². The van der Waals surface area contributed by atoms with Gasteiger partial charge >= 0.3 is 5.97 Å². The van der Waals surface area contributed by atoms with Crippen LogP contribution in [0.3, 0.4) is 0 Å². The molecule has 6 nitrogen and oxygen atoms in total. The molecule has 0 bridgehead atoms. The van der Waals surface area contributed by atoms with Gasteiger partial charge in [-0.2, -0.15) is 0 Å². The smallest absolute Gasteiger partial charge is 0.337 e. The molecule has 0 atom stereocenters. The number of methoxy groups -OCH3 is 1. The van der Waals surface area contributed by atoms with Crippen molar-refractivity contribution in [2.24, 2.45) is 5.92 Å². The van der Waals surface area contributed by atoms with E-state index in [1.807, 2.05) is 0 Å². The lowest BCUT2D eigenvalue weighted by molar-refractivity contribution is -0.384. The highest BCUT2D eigenvalue weighted by molar-refractivity contribution is 5.91. The van der Waals surface area contributed by atoms with Crippen molar-refractivity contribution >= 4 is 17.3 Å². The summed E-state index contributed by atoms with van der Waals surface area (Å²) in [6.07, 6.45) is 4.76. The summed E-state index contributed by atoms with van der Waals surface area (Å²) < 4.78 is 4.62. The Morgan fingerprint density at radius 3 is 2.80 bits per heavy atom. The minimum absolute atomic E-state index is 0.0220. The minimum Gasteiger partial charge on any atom is -0.465 e. The minimum atomic E-state index is -0.498. The SMILES string of the molecule is COC(=O)c1ccc([N+](=O)[O-])c(NCCC2CCC2)c1. The normalized spacial score (nSPS) is 14.4. The molecule has 1 fully saturated rings. The number of nitrogens with zero attached hydrogens (tertiary/aromatic N) is 1. The quantitative estimate of drug-likeness (QED) is 0.491. The molecule has 0 amide bonds. The van der Waals surface area contributed by atoms with Crippen molar-refractivity contribution in [1.82, 2.24) is 0 Å². The van der Waals surface area contributed by atoms with Crippen molar-refractivity contribution < 1.29 is 14.5 Å². The van der Waals surface area contributed by atoms with Crippen LogP contribution in [0.2, 0.25) is 0 Å². The van der Waals surface area contributed by atoms with E-state index in [1.165, 1.54) is 44.6 Å². The van der Waals surface area contributed by atoms with E-state index in [0.29, 0.717) is 17.8 Å². The molecule has 0 unspecified atom stereocenters. The number of anilines is 1. The number of ether oxygens (including phenoxy) is 1. The summed E-state index contributed by atoms with van der Waals surface area (Å²) in [5, 5.41) is 14.0. The molecule has 0 spiro atoms. The summed E-state index contributed by atoms with van der Waals surface area (Å²) in [4.78, 5) is 22.0. The third kappa shape index (κ3) is 3.26. The molecule has 1 aliphatic rings. The van der Waals surface area contributed by atoms with Gasteiger partial charge in [0.2, 0.25) is 0 Å². The van der Waals surface area contributed by atoms with Crippen molar-refractivity contribution in [2.75, 3.05) is 19.0 Å². The van der Waals surface area contributed by atoms with Gasteiger partial charge < -0.3 is 10.1 Å². The van der Waals surface area contributed by atoms with Crippen LogP contribution < -0.4 is 5.32 Å². The molecule has 1 aromatic carbocycles. The average Bonchev–Trinajstić information content (AvgIpc) is 2.40. The molecule has 1 aliphatic carbocycles. The van der Waals surface area contributed by atoms with Crippen molar-refractivity contribution in [3.05, 3.63) is 33.9 Å². The van der Waals surface area contributed by atoms with Gasteiger partial charge in [0, 0.05) is 12.6 Å². The van der Waals surface area contributed by atoms with Gasteiger partial charge in [0.15, 0.2) is 0 Å². The van der Waals surface area contributed by atoms with Crippen molar-refractivity contribution in [2.45, 2.75) is 25.7 Å². The Morgan fingerprint density at radius 1 is 1.50 bits per heavy atom. The first-order chi connectivity index (χ1) is 9.61. The highest BCUT2D eigenvalue weighted by Gasteiger charge is 2.19. The van der Waals surface area contributed by atoms with Crippen molar-refractivity contribution in [1.29, 1.82) is 0 Å². The fraction of sp³-hybridized carbons (Fsp3) is 0.500. The molecular formula is C14H18N2O4. The van der Waals surface area contributed by atoms with Gasteiger partial charge in [0.25, 0.3) is 5.69 Å². The zero-order valence-corrected chi connectivity index (χ0v) is 11.4. The molecule has 0 heterocycles. The second kappa shape index (κ2) is 6.36. The number of nitro benzene ring substituents is 1. The largest absolute Gasteiger partial charge is 0.465 e. The number of hydrogen-bond donors (Lipinski definition) is 1. The van der Waals surface area contributed by atoms with E-state index in [1.54, 1.807) is 0 Å². The lowest BCUT2D eigenvalue weighted by Crippen LogP contribution is -2.16. The number of nitro groups is 1. The number of nitrogens with one attached hydrogen (secondary N) is 1. The summed E-state index contributed by atoms with van der Waals surface area (Å²) in [6, 6.07) is 4.21. The maximum absolute atomic E-state index is 11.5. The predicted octanol–water partition coefficient (Wildman–Crippen LogP) is 2.98. The first-order valence-corrected chi connectivity index (χ1v) is 6.72. The zero-order valence-electron chi connectivity index (χ0n) is 11.4. The summed E-state index contributed by atoms with van der Waals surface area (Å²) in [7, 11) is 1.29. The zero-order chi connectivity index (χ0) is 14.5. The van der Waals surface area contributed by atoms with Crippen LogP contribution in [0, 0.1) is 16.0 Å². The fourth-order valence-corrected chi connectivity index (χ4v) is 2.27. The van der Waals surface area contributed by atoms with E-state index < -0.39 is 10.9 Å². The number of rotatable bonds is 6. The lowest BCUT2D eigenvalue weighted by atomic mass is 9.83. The van der Waals surface area contributed by atoms with Gasteiger partial charge in [-0.25, -0.2) is 4.79 Å². The van der Waals surface area contributed by atoms with Gasteiger partial charge in [-0.3, -0.25) is 10.1 Å². The maximum Gasteiger partial charge on any atom is 0.337 e. The Balaban J connectivity index is 2.08. The molecule has 0 aliphatic heterocycles. The third-order valence-corrected chi connectivity index (χ3v) is 3.71. The Kier molecular flexibility index (Phi) is 4.55. The average molecular weight is 278 g/mol. The van der Waals surface area contributed by atoms with Gasteiger partial charge in [-0.1, -0.05) is 19.3 Å². The van der Waals surface area contributed by atoms with E-state index in [4.69, 9.17) is 0 Å². The number of carbonyl (C=O) groups excluding carboxylic acids is 1. The first-order valence-electron chi connectivity index (χ1n) is 6.72. The maximum atomic E-state index is 11.5. The van der Waals surface area contributed by atoms with Crippen molar-refractivity contribution in [3.63, 3.8) is 0 Å². The van der Waals surface area contributed by atoms with E-state index >= 15 is 0 Å².